The van der Waals surface area contributed by atoms with E-state index in [9.17, 15) is 8.42 Å². The number of fused-ring (bicyclic) bond motifs is 3. The van der Waals surface area contributed by atoms with Crippen molar-refractivity contribution in [2.24, 2.45) is 5.73 Å². The summed E-state index contributed by atoms with van der Waals surface area (Å²) in [6.07, 6.45) is 1.81. The standard InChI is InChI=1S/C24H18N2O3S3/c1-30-24-21(13-20(31-24)23(25)26)32(27,28)15-7-4-6-14(12-15)16-9-5-10-18-17-8-2-3-11-19(17)29-22(16)18/h2-13H,1H3,(H3,25,26). The Bertz CT molecular complexity index is 1610. The predicted molar refractivity (Wildman–Crippen MR) is 132 cm³/mol. The molecule has 0 saturated heterocycles. The van der Waals surface area contributed by atoms with Gasteiger partial charge in [-0.25, -0.2) is 8.42 Å². The van der Waals surface area contributed by atoms with Crippen molar-refractivity contribution in [1.82, 2.24) is 0 Å². The fourth-order valence-corrected chi connectivity index (χ4v) is 7.65. The minimum absolute atomic E-state index is 0.142. The Morgan fingerprint density at radius 2 is 1.75 bits per heavy atom. The highest BCUT2D eigenvalue weighted by atomic mass is 32.2. The van der Waals surface area contributed by atoms with E-state index in [4.69, 9.17) is 15.6 Å². The first kappa shape index (κ1) is 20.8. The molecule has 0 radical (unpaired) electrons. The van der Waals surface area contributed by atoms with Gasteiger partial charge in [0, 0.05) is 16.3 Å². The quantitative estimate of drug-likeness (QED) is 0.179. The molecule has 32 heavy (non-hydrogen) atoms. The molecule has 0 aliphatic heterocycles. The molecule has 5 rings (SSSR count). The molecule has 0 aliphatic rings. The number of nitrogens with two attached hydrogens (primary N) is 1. The van der Waals surface area contributed by atoms with E-state index in [1.54, 1.807) is 18.2 Å². The Morgan fingerprint density at radius 1 is 1.00 bits per heavy atom. The first-order valence-corrected chi connectivity index (χ1v) is 13.2. The number of thioether (sulfide) groups is 1. The van der Waals surface area contributed by atoms with Gasteiger partial charge < -0.3 is 10.2 Å². The normalized spacial score (nSPS) is 11.9. The fraction of sp³-hybridized carbons (Fsp3) is 0.0417. The van der Waals surface area contributed by atoms with Crippen LogP contribution in [0.15, 0.2) is 91.2 Å². The third-order valence-electron chi connectivity index (χ3n) is 5.27. The monoisotopic (exact) mass is 478 g/mol. The number of rotatable bonds is 5. The first-order chi connectivity index (χ1) is 15.4. The molecule has 2 heterocycles. The van der Waals surface area contributed by atoms with Crippen molar-refractivity contribution in [1.29, 1.82) is 5.41 Å². The Balaban J connectivity index is 1.67. The minimum atomic E-state index is -3.80. The van der Waals surface area contributed by atoms with Gasteiger partial charge in [0.25, 0.3) is 0 Å². The summed E-state index contributed by atoms with van der Waals surface area (Å²) in [5.74, 6) is -0.142. The molecule has 0 unspecified atom stereocenters. The second kappa shape index (κ2) is 7.81. The minimum Gasteiger partial charge on any atom is -0.455 e. The maximum absolute atomic E-state index is 13.5. The third-order valence-corrected chi connectivity index (χ3v) is 9.60. The highest BCUT2D eigenvalue weighted by molar-refractivity contribution is 8.01. The van der Waals surface area contributed by atoms with E-state index < -0.39 is 9.84 Å². The molecule has 0 aliphatic carbocycles. The molecule has 8 heteroatoms. The lowest BCUT2D eigenvalue weighted by atomic mass is 10.0. The van der Waals surface area contributed by atoms with Crippen LogP contribution in [0.2, 0.25) is 0 Å². The van der Waals surface area contributed by atoms with E-state index >= 15 is 0 Å². The van der Waals surface area contributed by atoms with Gasteiger partial charge in [-0.15, -0.1) is 23.1 Å². The molecule has 2 aromatic heterocycles. The van der Waals surface area contributed by atoms with Crippen LogP contribution in [0.25, 0.3) is 33.1 Å². The van der Waals surface area contributed by atoms with Crippen molar-refractivity contribution in [3.63, 3.8) is 0 Å². The van der Waals surface area contributed by atoms with Crippen molar-refractivity contribution < 1.29 is 12.8 Å². The van der Waals surface area contributed by atoms with Gasteiger partial charge in [-0.05, 0) is 36.1 Å². The molecule has 3 aromatic carbocycles. The number of furan rings is 1. The van der Waals surface area contributed by atoms with Crippen LogP contribution in [0.3, 0.4) is 0 Å². The smallest absolute Gasteiger partial charge is 0.208 e. The molecule has 0 saturated carbocycles. The Kier molecular flexibility index (Phi) is 5.08. The second-order valence-electron chi connectivity index (χ2n) is 7.19. The molecule has 0 atom stereocenters. The van der Waals surface area contributed by atoms with Gasteiger partial charge in [0.05, 0.1) is 18.9 Å². The first-order valence-electron chi connectivity index (χ1n) is 9.68. The van der Waals surface area contributed by atoms with Gasteiger partial charge in [-0.1, -0.05) is 48.5 Å². The summed E-state index contributed by atoms with van der Waals surface area (Å²) < 4.78 is 33.7. The molecule has 5 nitrogen and oxygen atoms in total. The number of thiophene rings is 1. The highest BCUT2D eigenvalue weighted by Gasteiger charge is 2.25. The van der Waals surface area contributed by atoms with Crippen LogP contribution < -0.4 is 5.73 Å². The van der Waals surface area contributed by atoms with Crippen LogP contribution in [-0.2, 0) is 9.84 Å². The van der Waals surface area contributed by atoms with Gasteiger partial charge in [-0.3, -0.25) is 5.41 Å². The summed E-state index contributed by atoms with van der Waals surface area (Å²) in [5.41, 5.74) is 8.69. The van der Waals surface area contributed by atoms with Gasteiger partial charge in [-0.2, -0.15) is 0 Å². The van der Waals surface area contributed by atoms with Crippen LogP contribution in [0.5, 0.6) is 0 Å². The van der Waals surface area contributed by atoms with Crippen molar-refractivity contribution in [3.8, 4) is 11.1 Å². The van der Waals surface area contributed by atoms with E-state index in [0.717, 1.165) is 33.1 Å². The molecule has 0 bridgehead atoms. The lowest BCUT2D eigenvalue weighted by molar-refractivity contribution is 0.595. The number of sulfone groups is 1. The number of benzene rings is 3. The molecule has 0 fully saturated rings. The van der Waals surface area contributed by atoms with Crippen molar-refractivity contribution in [2.75, 3.05) is 6.26 Å². The van der Waals surface area contributed by atoms with Gasteiger partial charge in [0.2, 0.25) is 9.84 Å². The summed E-state index contributed by atoms with van der Waals surface area (Å²) in [7, 11) is -3.80. The zero-order valence-corrected chi connectivity index (χ0v) is 19.4. The summed E-state index contributed by atoms with van der Waals surface area (Å²) in [6, 6.07) is 22.1. The Hall–Kier alpha value is -3.07. The summed E-state index contributed by atoms with van der Waals surface area (Å²) in [5, 5.41) is 9.68. The maximum atomic E-state index is 13.5. The second-order valence-corrected chi connectivity index (χ2v) is 11.2. The average Bonchev–Trinajstić information content (AvgIpc) is 3.41. The average molecular weight is 479 g/mol. The van der Waals surface area contributed by atoms with Crippen LogP contribution in [0, 0.1) is 5.41 Å². The zero-order chi connectivity index (χ0) is 22.5. The number of nitrogen functional groups attached to an aromatic ring is 1. The predicted octanol–water partition coefficient (Wildman–Crippen LogP) is 6.15. The SMILES string of the molecule is CSc1sc(C(=N)N)cc1S(=O)(=O)c1cccc(-c2cccc3c2oc2ccccc23)c1. The molecule has 160 valence electrons. The van der Waals surface area contributed by atoms with Crippen LogP contribution >= 0.6 is 23.1 Å². The largest absolute Gasteiger partial charge is 0.455 e. The number of amidine groups is 1. The van der Waals surface area contributed by atoms with Crippen LogP contribution in [0.1, 0.15) is 4.88 Å². The Labute approximate surface area is 193 Å². The molecular weight excluding hydrogens is 460 g/mol. The summed E-state index contributed by atoms with van der Waals surface area (Å²) in [4.78, 5) is 0.807. The van der Waals surface area contributed by atoms with Crippen molar-refractivity contribution >= 4 is 60.7 Å². The number of hydrogen-bond acceptors (Lipinski definition) is 6. The molecule has 3 N–H and O–H groups in total. The van der Waals surface area contributed by atoms with Crippen molar-refractivity contribution in [2.45, 2.75) is 14.0 Å². The van der Waals surface area contributed by atoms with E-state index in [0.29, 0.717) is 9.09 Å². The lowest BCUT2D eigenvalue weighted by Gasteiger charge is -2.08. The summed E-state index contributed by atoms with van der Waals surface area (Å²) in [6.45, 7) is 0. The van der Waals surface area contributed by atoms with Crippen LogP contribution in [-0.4, -0.2) is 20.5 Å². The van der Waals surface area contributed by atoms with Crippen molar-refractivity contribution in [3.05, 3.63) is 77.7 Å². The number of para-hydroxylation sites is 2. The van der Waals surface area contributed by atoms with Gasteiger partial charge >= 0.3 is 0 Å². The van der Waals surface area contributed by atoms with E-state index in [1.807, 2.05) is 54.8 Å². The Morgan fingerprint density at radius 3 is 2.53 bits per heavy atom. The van der Waals surface area contributed by atoms with E-state index in [2.05, 4.69) is 0 Å². The highest BCUT2D eigenvalue weighted by Crippen LogP contribution is 2.39. The third kappa shape index (κ3) is 3.31. The van der Waals surface area contributed by atoms with E-state index in [-0.39, 0.29) is 15.6 Å². The zero-order valence-electron chi connectivity index (χ0n) is 17.0. The molecular formula is C24H18N2O3S3. The lowest BCUT2D eigenvalue weighted by Crippen LogP contribution is -2.08. The topological polar surface area (TPSA) is 97.1 Å². The number of nitrogens with one attached hydrogen (secondary N) is 1. The molecule has 5 aromatic rings. The van der Waals surface area contributed by atoms with Crippen LogP contribution in [0.4, 0.5) is 0 Å². The molecule has 0 spiro atoms. The fourth-order valence-electron chi connectivity index (χ4n) is 3.75. The summed E-state index contributed by atoms with van der Waals surface area (Å²) >= 11 is 2.55. The van der Waals surface area contributed by atoms with Gasteiger partial charge in [0.15, 0.2) is 0 Å². The molecule has 0 amide bonds. The number of hydrogen-bond donors (Lipinski definition) is 2. The van der Waals surface area contributed by atoms with E-state index in [1.165, 1.54) is 29.2 Å². The van der Waals surface area contributed by atoms with Gasteiger partial charge in [0.1, 0.15) is 17.0 Å². The maximum Gasteiger partial charge on any atom is 0.208 e.